The fourth-order valence-corrected chi connectivity index (χ4v) is 11.6. The lowest BCUT2D eigenvalue weighted by molar-refractivity contribution is -0.0687. The number of aryl methyl sites for hydroxylation is 1. The van der Waals surface area contributed by atoms with Crippen LogP contribution in [0.4, 0.5) is 17.5 Å². The molecule has 8 rings (SSSR count). The molecule has 0 amide bonds. The van der Waals surface area contributed by atoms with Crippen molar-refractivity contribution >= 4 is 85.5 Å². The number of nitrogen functional groups attached to an aromatic ring is 3. The first-order valence-electron chi connectivity index (χ1n) is 28.2. The Morgan fingerprint density at radius 1 is 0.557 bits per heavy atom. The summed E-state index contributed by atoms with van der Waals surface area (Å²) >= 11 is 1.82. The second kappa shape index (κ2) is 33.2. The van der Waals surface area contributed by atoms with E-state index >= 15 is 0 Å². The van der Waals surface area contributed by atoms with Gasteiger partial charge < -0.3 is 131 Å². The summed E-state index contributed by atoms with van der Waals surface area (Å²) in [5, 5.41) is 80.0. The van der Waals surface area contributed by atoms with Crippen molar-refractivity contribution in [2.24, 2.45) is 10.7 Å². The average molecular weight is 1600 g/mol. The molecule has 97 heavy (non-hydrogen) atoms. The van der Waals surface area contributed by atoms with Gasteiger partial charge in [-0.15, -0.1) is 0 Å². The lowest BCUT2D eigenvalue weighted by Crippen LogP contribution is -2.42. The molecule has 4 fully saturated rings. The Balaban J connectivity index is 0.000000236. The first-order chi connectivity index (χ1) is 44.4. The monoisotopic (exact) mass is 1600 g/mol. The van der Waals surface area contributed by atoms with Gasteiger partial charge in [0, 0.05) is 41.5 Å². The van der Waals surface area contributed by atoms with Gasteiger partial charge in [-0.1, -0.05) is 34.3 Å². The highest BCUT2D eigenvalue weighted by Crippen LogP contribution is 2.43. The highest BCUT2D eigenvalue weighted by atomic mass is 127. The maximum Gasteiger partial charge on any atom is 0.469 e. The predicted molar refractivity (Wildman–Crippen MR) is 340 cm³/mol. The zero-order valence-electron chi connectivity index (χ0n) is 52.2. The van der Waals surface area contributed by atoms with Crippen LogP contribution >= 0.6 is 53.9 Å². The second-order valence-electron chi connectivity index (χ2n) is 23.2. The summed E-state index contributed by atoms with van der Waals surface area (Å²) in [5.41, 5.74) is 21.7. The Morgan fingerprint density at radius 2 is 0.887 bits per heavy atom. The SMILES string of the molecule is C=C1N=C(N)C(CC)=CN1C1O[C@H](COP(=O)(O)O)[C@@H](O)[C@H]1O.CC(C)(C)[Si](C)(C)OCc1cn(C2O[C@H](COP(=O)(O)O)[C@@H](O)[C@H]2O)c(=O)nc1N.Cc1cn(C2O[C@H](COP(=O)(O)O)[C@@H](O)[C@H]2O)c(=O)nc1N.Nc1nc(=O)n(C2O[C@H](COP(=O)(O)O)[C@@H](O)[C@H]2O)cc1I. The zero-order chi connectivity index (χ0) is 73.7. The van der Waals surface area contributed by atoms with Gasteiger partial charge in [0.25, 0.3) is 0 Å². The molecule has 5 aliphatic heterocycles. The number of hydrogen-bond donors (Lipinski definition) is 20. The van der Waals surface area contributed by atoms with Gasteiger partial charge in [-0.25, -0.2) is 37.6 Å². The van der Waals surface area contributed by atoms with Crippen LogP contribution in [0.5, 0.6) is 0 Å². The molecule has 16 atom stereocenters. The van der Waals surface area contributed by atoms with Gasteiger partial charge in [0.05, 0.1) is 36.6 Å². The number of aliphatic imine (C=N–C) groups is 1. The van der Waals surface area contributed by atoms with Crippen LogP contribution in [0.1, 0.15) is 63.9 Å². The molecule has 0 spiro atoms. The van der Waals surface area contributed by atoms with Crippen molar-refractivity contribution < 1.29 is 140 Å². The van der Waals surface area contributed by atoms with E-state index < -0.39 is 181 Å². The van der Waals surface area contributed by atoms with Crippen LogP contribution < -0.4 is 40.0 Å². The number of phosphoric ester groups is 4. The number of nitrogens with zero attached hydrogens (tertiary/aromatic N) is 8. The van der Waals surface area contributed by atoms with E-state index in [0.717, 1.165) is 13.7 Å². The van der Waals surface area contributed by atoms with Crippen molar-refractivity contribution in [3.05, 3.63) is 88.9 Å². The van der Waals surface area contributed by atoms with Crippen LogP contribution in [0.2, 0.25) is 18.1 Å². The minimum absolute atomic E-state index is 0.0104. The molecular weight excluding hydrogens is 1520 g/mol. The summed E-state index contributed by atoms with van der Waals surface area (Å²) < 4.78 is 90.8. The normalized spacial score (nSPS) is 28.7. The molecule has 44 nitrogen and oxygen atoms in total. The smallest absolute Gasteiger partial charge is 0.412 e. The minimum atomic E-state index is -4.80. The van der Waals surface area contributed by atoms with Crippen molar-refractivity contribution in [1.82, 2.24) is 33.6 Å². The predicted octanol–water partition coefficient (Wildman–Crippen LogP) is -4.92. The maximum absolute atomic E-state index is 12.3. The third kappa shape index (κ3) is 22.6. The van der Waals surface area contributed by atoms with Gasteiger partial charge in [-0.05, 0) is 54.1 Å². The number of amidine groups is 1. The number of halogens is 1. The van der Waals surface area contributed by atoms with Crippen LogP contribution in [-0.4, -0.2) is 234 Å². The van der Waals surface area contributed by atoms with Crippen LogP contribution in [0, 0.1) is 10.5 Å². The zero-order valence-corrected chi connectivity index (χ0v) is 59.0. The third-order valence-electron chi connectivity index (χ3n) is 15.2. The number of anilines is 3. The molecular formula is C47H79IN12O32P4Si. The van der Waals surface area contributed by atoms with E-state index in [1.807, 2.05) is 29.5 Å². The Morgan fingerprint density at radius 3 is 1.25 bits per heavy atom. The van der Waals surface area contributed by atoms with E-state index in [9.17, 15) is 73.5 Å². The molecule has 0 bridgehead atoms. The Bertz CT molecular complexity index is 3600. The van der Waals surface area contributed by atoms with Gasteiger partial charge in [0.15, 0.2) is 33.2 Å². The summed E-state index contributed by atoms with van der Waals surface area (Å²) in [4.78, 5) is 122. The fraction of sp³-hybridized carbons (Fsp3) is 0.638. The number of rotatable bonds is 20. The van der Waals surface area contributed by atoms with Crippen molar-refractivity contribution in [2.45, 2.75) is 164 Å². The average Bonchev–Trinajstić information content (AvgIpc) is 1.69. The summed E-state index contributed by atoms with van der Waals surface area (Å²) in [7, 11) is -21.1. The van der Waals surface area contributed by atoms with Gasteiger partial charge in [-0.3, -0.25) is 31.8 Å². The number of hydrogen-bond acceptors (Lipinski definition) is 33. The largest absolute Gasteiger partial charge is 0.469 e. The molecule has 550 valence electrons. The van der Waals surface area contributed by atoms with Crippen molar-refractivity contribution in [1.29, 1.82) is 0 Å². The Hall–Kier alpha value is -4.34. The quantitative estimate of drug-likeness (QED) is 0.0286. The highest BCUT2D eigenvalue weighted by molar-refractivity contribution is 14.1. The molecule has 3 aromatic heterocycles. The Kier molecular flexibility index (Phi) is 28.5. The molecule has 0 aliphatic carbocycles. The molecule has 5 aliphatic rings. The van der Waals surface area contributed by atoms with E-state index in [-0.39, 0.29) is 34.9 Å². The van der Waals surface area contributed by atoms with E-state index in [4.69, 9.17) is 85.5 Å². The summed E-state index contributed by atoms with van der Waals surface area (Å²) in [6.07, 6.45) is -15.5. The van der Waals surface area contributed by atoms with Gasteiger partial charge in [0.1, 0.15) is 102 Å². The van der Waals surface area contributed by atoms with Gasteiger partial charge >= 0.3 is 48.4 Å². The van der Waals surface area contributed by atoms with Crippen LogP contribution in [-0.2, 0) is 66.3 Å². The number of aliphatic hydroxyl groups is 8. The van der Waals surface area contributed by atoms with Crippen molar-refractivity contribution in [3.8, 4) is 0 Å². The summed E-state index contributed by atoms with van der Waals surface area (Å²) in [6, 6.07) is 0. The number of phosphoric acid groups is 4. The number of nitrogens with two attached hydrogens (primary N) is 4. The molecule has 4 unspecified atom stereocenters. The summed E-state index contributed by atoms with van der Waals surface area (Å²) in [6.45, 7) is 15.0. The first kappa shape index (κ1) is 83.3. The van der Waals surface area contributed by atoms with E-state index in [1.165, 1.54) is 23.5 Å². The topological polar surface area (TPSA) is 699 Å². The molecule has 4 saturated heterocycles. The van der Waals surface area contributed by atoms with Crippen LogP contribution in [0.25, 0.3) is 0 Å². The lowest BCUT2D eigenvalue weighted by atomic mass is 10.1. The molecule has 3 aromatic rings. The first-order valence-corrected chi connectivity index (χ1v) is 38.3. The number of aromatic nitrogens is 6. The van der Waals surface area contributed by atoms with Crippen LogP contribution in [0.3, 0.4) is 0 Å². The standard InChI is InChI=1S/C16H30N3O9PSi.C12H20N3O7P.C10H16N3O8P.C9H13IN3O8P/c1-16(2,3)30(4,5)27-7-9-6-19(15(22)18-13(9)17)14-12(21)11(20)10(28-14)8-26-29(23,24)25;1-3-7-4-15(6(2)14-11(7)13)12-10(17)9(16)8(22-12)5-21-23(18,19)20;1-4-2-13(10(16)12-8(4)11)9-7(15)6(14)5(21-9)3-20-22(17,18)19;10-3-1-13(9(16)12-7(3)11)8-6(15)5(14)4(21-8)2-20-22(17,18)19/h6,10-12,14,20-21H,7-8H2,1-5H3,(H2,17,18,22)(H2,23,24,25);4,8-10,12,16-17H,2-3,5H2,1H3,(H2,13,14)(H2,18,19,20);2,5-7,9,14-15H,3H2,1H3,(H2,11,12,16)(H2,17,18,19);1,4-6,8,14-15H,2H2,(H2,11,12,16)(H2,17,18,19)/t10-,11-,12-,14?;8-,9-,10-,12?;5-,6-,7-,9?;4-,5-,6-,8?/m1111/s1. The molecule has 0 aromatic carbocycles. The molecule has 24 N–H and O–H groups in total. The third-order valence-corrected chi connectivity index (χ3v) is 22.4. The molecule has 0 saturated carbocycles. The Labute approximate surface area is 563 Å². The minimum Gasteiger partial charge on any atom is -0.412 e. The molecule has 0 radical (unpaired) electrons. The second-order valence-corrected chi connectivity index (χ2v) is 34.1. The number of ether oxygens (including phenoxy) is 4. The maximum atomic E-state index is 12.3. The fourth-order valence-electron chi connectivity index (χ4n) is 8.83. The van der Waals surface area contributed by atoms with E-state index in [0.29, 0.717) is 32.5 Å². The highest BCUT2D eigenvalue weighted by Gasteiger charge is 2.50. The van der Waals surface area contributed by atoms with Gasteiger partial charge in [0.2, 0.25) is 0 Å². The molecule has 50 heteroatoms. The van der Waals surface area contributed by atoms with Gasteiger partial charge in [-0.2, -0.15) is 15.0 Å². The van der Waals surface area contributed by atoms with Crippen molar-refractivity contribution in [2.75, 3.05) is 43.6 Å². The summed E-state index contributed by atoms with van der Waals surface area (Å²) in [5.74, 6) is 0.534. The molecule has 8 heterocycles. The van der Waals surface area contributed by atoms with E-state index in [1.54, 1.807) is 13.1 Å². The van der Waals surface area contributed by atoms with E-state index in [2.05, 4.69) is 78.5 Å². The lowest BCUT2D eigenvalue weighted by Gasteiger charge is -2.36. The number of aliphatic hydroxyl groups excluding tert-OH is 8. The van der Waals surface area contributed by atoms with Crippen LogP contribution in [0.15, 0.2) is 62.1 Å². The van der Waals surface area contributed by atoms with Crippen molar-refractivity contribution in [3.63, 3.8) is 0 Å².